The molecule has 2 aliphatic carbocycles. The molecule has 2 aromatic carbocycles. The number of methoxy groups -OCH3 is 2. The fourth-order valence-corrected chi connectivity index (χ4v) is 5.77. The minimum atomic E-state index is -0.467. The Balaban J connectivity index is 1.52. The maximum absolute atomic E-state index is 13.7. The van der Waals surface area contributed by atoms with Crippen LogP contribution in [0.1, 0.15) is 68.4 Å². The molecule has 1 fully saturated rings. The number of ether oxygens (including phenoxy) is 3. The van der Waals surface area contributed by atoms with Gasteiger partial charge in [0, 0.05) is 29.3 Å². The van der Waals surface area contributed by atoms with E-state index in [1.165, 1.54) is 0 Å². The molecular weight excluding hydrogens is 454 g/mol. The summed E-state index contributed by atoms with van der Waals surface area (Å²) in [6.07, 6.45) is 5.00. The number of dihydropyridines is 1. The molecule has 188 valence electrons. The summed E-state index contributed by atoms with van der Waals surface area (Å²) < 4.78 is 16.6. The molecule has 0 bridgehead atoms. The number of benzene rings is 2. The highest BCUT2D eigenvalue weighted by molar-refractivity contribution is 6.04. The molecule has 0 amide bonds. The summed E-state index contributed by atoms with van der Waals surface area (Å²) in [6, 6.07) is 15.6. The lowest BCUT2D eigenvalue weighted by Crippen LogP contribution is -2.36. The van der Waals surface area contributed by atoms with Gasteiger partial charge in [0.05, 0.1) is 19.8 Å². The molecule has 0 spiro atoms. The van der Waals surface area contributed by atoms with Crippen LogP contribution in [0.2, 0.25) is 0 Å². The van der Waals surface area contributed by atoms with Crippen molar-refractivity contribution >= 4 is 11.8 Å². The van der Waals surface area contributed by atoms with E-state index in [1.54, 1.807) is 14.2 Å². The molecule has 0 saturated heterocycles. The standard InChI is InChI=1S/C30H33NO5/c1-18-27(30(33)36-24-6-4-5-7-24)28(20-10-14-23(35-3)15-11-20)29-25(31-18)16-21(17-26(29)32)19-8-12-22(34-2)13-9-19/h8-15,21,24,28,31H,4-7,16-17H2,1-3H3/t21-,28-/m1/s1. The topological polar surface area (TPSA) is 73.9 Å². The molecule has 2 aromatic rings. The first-order valence-corrected chi connectivity index (χ1v) is 12.7. The first-order valence-electron chi connectivity index (χ1n) is 12.7. The lowest BCUT2D eigenvalue weighted by Gasteiger charge is -2.37. The molecule has 1 heterocycles. The van der Waals surface area contributed by atoms with Gasteiger partial charge in [-0.1, -0.05) is 24.3 Å². The molecule has 0 radical (unpaired) electrons. The number of carbonyl (C=O) groups is 2. The molecule has 2 atom stereocenters. The second kappa shape index (κ2) is 10.2. The summed E-state index contributed by atoms with van der Waals surface area (Å²) in [6.45, 7) is 1.91. The second-order valence-corrected chi connectivity index (χ2v) is 9.88. The van der Waals surface area contributed by atoms with Crippen LogP contribution in [0.4, 0.5) is 0 Å². The van der Waals surface area contributed by atoms with E-state index in [4.69, 9.17) is 14.2 Å². The molecule has 36 heavy (non-hydrogen) atoms. The second-order valence-electron chi connectivity index (χ2n) is 9.88. The van der Waals surface area contributed by atoms with Crippen LogP contribution in [0.5, 0.6) is 11.5 Å². The Bertz CT molecular complexity index is 1200. The van der Waals surface area contributed by atoms with Gasteiger partial charge < -0.3 is 19.5 Å². The number of hydrogen-bond donors (Lipinski definition) is 1. The highest BCUT2D eigenvalue weighted by atomic mass is 16.5. The Morgan fingerprint density at radius 3 is 2.03 bits per heavy atom. The van der Waals surface area contributed by atoms with Crippen molar-refractivity contribution in [3.8, 4) is 11.5 Å². The van der Waals surface area contributed by atoms with Crippen LogP contribution < -0.4 is 14.8 Å². The van der Waals surface area contributed by atoms with Gasteiger partial charge in [-0.2, -0.15) is 0 Å². The first kappa shape index (κ1) is 24.2. The third-order valence-corrected chi connectivity index (χ3v) is 7.66. The van der Waals surface area contributed by atoms with E-state index < -0.39 is 5.92 Å². The molecular formula is C30H33NO5. The highest BCUT2D eigenvalue weighted by Crippen LogP contribution is 2.46. The number of Topliss-reactive ketones (excluding diaryl/α,β-unsaturated/α-hetero) is 1. The van der Waals surface area contributed by atoms with Gasteiger partial charge in [-0.3, -0.25) is 4.79 Å². The van der Waals surface area contributed by atoms with Gasteiger partial charge in [-0.15, -0.1) is 0 Å². The maximum Gasteiger partial charge on any atom is 0.337 e. The lowest BCUT2D eigenvalue weighted by molar-refractivity contribution is -0.144. The fourth-order valence-electron chi connectivity index (χ4n) is 5.77. The Kier molecular flexibility index (Phi) is 6.86. The van der Waals surface area contributed by atoms with E-state index >= 15 is 0 Å². The van der Waals surface area contributed by atoms with Crippen molar-refractivity contribution in [3.05, 3.63) is 82.2 Å². The van der Waals surface area contributed by atoms with E-state index in [0.29, 0.717) is 24.0 Å². The van der Waals surface area contributed by atoms with Crippen LogP contribution in [0.25, 0.3) is 0 Å². The van der Waals surface area contributed by atoms with E-state index in [-0.39, 0.29) is 23.8 Å². The zero-order chi connectivity index (χ0) is 25.2. The predicted molar refractivity (Wildman–Crippen MR) is 137 cm³/mol. The smallest absolute Gasteiger partial charge is 0.337 e. The number of ketones is 1. The van der Waals surface area contributed by atoms with E-state index in [2.05, 4.69) is 5.32 Å². The van der Waals surface area contributed by atoms with Crippen molar-refractivity contribution in [2.24, 2.45) is 0 Å². The summed E-state index contributed by atoms with van der Waals surface area (Å²) in [7, 11) is 3.27. The fraction of sp³-hybridized carbons (Fsp3) is 0.400. The minimum absolute atomic E-state index is 0.0498. The third kappa shape index (κ3) is 4.64. The van der Waals surface area contributed by atoms with Crippen LogP contribution in [0, 0.1) is 0 Å². The van der Waals surface area contributed by atoms with Crippen molar-refractivity contribution in [2.75, 3.05) is 14.2 Å². The molecule has 5 rings (SSSR count). The van der Waals surface area contributed by atoms with Gasteiger partial charge in [0.25, 0.3) is 0 Å². The SMILES string of the molecule is COc1ccc([C@H]2CC(=O)C3=C(C2)NC(C)=C(C(=O)OC2CCCC2)[C@H]3c2ccc(OC)cc2)cc1. The van der Waals surface area contributed by atoms with Gasteiger partial charge >= 0.3 is 5.97 Å². The van der Waals surface area contributed by atoms with Crippen LogP contribution in [-0.2, 0) is 14.3 Å². The summed E-state index contributed by atoms with van der Waals surface area (Å²) in [4.78, 5) is 27.2. The number of rotatable bonds is 6. The van der Waals surface area contributed by atoms with Crippen molar-refractivity contribution in [1.29, 1.82) is 0 Å². The third-order valence-electron chi connectivity index (χ3n) is 7.66. The summed E-state index contributed by atoms with van der Waals surface area (Å²) >= 11 is 0. The Morgan fingerprint density at radius 2 is 1.44 bits per heavy atom. The molecule has 1 N–H and O–H groups in total. The van der Waals surface area contributed by atoms with Crippen molar-refractivity contribution in [1.82, 2.24) is 5.32 Å². The van der Waals surface area contributed by atoms with E-state index in [9.17, 15) is 9.59 Å². The molecule has 6 nitrogen and oxygen atoms in total. The molecule has 3 aliphatic rings. The molecule has 6 heteroatoms. The number of hydrogen-bond acceptors (Lipinski definition) is 6. The molecule has 1 saturated carbocycles. The van der Waals surface area contributed by atoms with Crippen LogP contribution in [-0.4, -0.2) is 32.1 Å². The normalized spacial score (nSPS) is 22.2. The number of nitrogens with one attached hydrogen (secondary N) is 1. The maximum atomic E-state index is 13.7. The van der Waals surface area contributed by atoms with Crippen molar-refractivity contribution in [2.45, 2.75) is 63.4 Å². The Hall–Kier alpha value is -3.54. The largest absolute Gasteiger partial charge is 0.497 e. The minimum Gasteiger partial charge on any atom is -0.497 e. The zero-order valence-electron chi connectivity index (χ0n) is 21.1. The van der Waals surface area contributed by atoms with Gasteiger partial charge in [0.1, 0.15) is 17.6 Å². The average Bonchev–Trinajstić information content (AvgIpc) is 3.40. The number of allylic oxidation sites excluding steroid dienone is 3. The summed E-state index contributed by atoms with van der Waals surface area (Å²) in [5, 5.41) is 3.44. The highest BCUT2D eigenvalue weighted by Gasteiger charge is 2.42. The lowest BCUT2D eigenvalue weighted by atomic mass is 9.71. The summed E-state index contributed by atoms with van der Waals surface area (Å²) in [5.41, 5.74) is 4.84. The van der Waals surface area contributed by atoms with Crippen LogP contribution >= 0.6 is 0 Å². The number of esters is 1. The summed E-state index contributed by atoms with van der Waals surface area (Å²) in [5.74, 6) is 0.845. The van der Waals surface area contributed by atoms with E-state index in [0.717, 1.165) is 59.7 Å². The average molecular weight is 488 g/mol. The first-order chi connectivity index (χ1) is 17.5. The van der Waals surface area contributed by atoms with Gasteiger partial charge in [-0.05, 0) is 80.3 Å². The van der Waals surface area contributed by atoms with Crippen LogP contribution in [0.15, 0.2) is 71.1 Å². The van der Waals surface area contributed by atoms with Gasteiger partial charge in [0.15, 0.2) is 5.78 Å². The van der Waals surface area contributed by atoms with Crippen molar-refractivity contribution in [3.63, 3.8) is 0 Å². The van der Waals surface area contributed by atoms with Crippen LogP contribution in [0.3, 0.4) is 0 Å². The zero-order valence-corrected chi connectivity index (χ0v) is 21.1. The quantitative estimate of drug-likeness (QED) is 0.539. The Labute approximate surface area is 212 Å². The molecule has 0 unspecified atom stereocenters. The van der Waals surface area contributed by atoms with Crippen molar-refractivity contribution < 1.29 is 23.8 Å². The van der Waals surface area contributed by atoms with E-state index in [1.807, 2.05) is 55.5 Å². The number of carbonyl (C=O) groups excluding carboxylic acids is 2. The monoisotopic (exact) mass is 487 g/mol. The molecule has 1 aliphatic heterocycles. The Morgan fingerprint density at radius 1 is 0.861 bits per heavy atom. The molecule has 0 aromatic heterocycles. The van der Waals surface area contributed by atoms with Gasteiger partial charge in [-0.25, -0.2) is 4.79 Å². The predicted octanol–water partition coefficient (Wildman–Crippen LogP) is 5.55. The van der Waals surface area contributed by atoms with Gasteiger partial charge in [0.2, 0.25) is 0 Å².